The molecule has 1 N–H and O–H groups in total. The number of hydrogen-bond acceptors (Lipinski definition) is 3. The maximum Gasteiger partial charge on any atom is 0.311 e. The standard InChI is InChI=1S/C20H23NO3S/c1-3-20(19(23)24)10-7-11-21(13-20)18(22)16-12-25-14(2)17(16)15-8-5-4-6-9-15/h4-6,8-9,12H,3,7,10-11,13H2,1-2H3,(H,23,24)/t20-/m1/s1. The molecular formula is C20H23NO3S. The minimum absolute atomic E-state index is 0.0537. The Morgan fingerprint density at radius 3 is 2.64 bits per heavy atom. The van der Waals surface area contributed by atoms with E-state index in [1.54, 1.807) is 16.2 Å². The lowest BCUT2D eigenvalue weighted by Gasteiger charge is -2.39. The van der Waals surface area contributed by atoms with E-state index in [4.69, 9.17) is 0 Å². The van der Waals surface area contributed by atoms with Crippen LogP contribution in [0.3, 0.4) is 0 Å². The third kappa shape index (κ3) is 3.21. The molecule has 0 unspecified atom stereocenters. The average molecular weight is 357 g/mol. The molecule has 1 aromatic heterocycles. The number of carboxylic acids is 1. The SMILES string of the molecule is CC[C@@]1(C(=O)O)CCCN(C(=O)c2csc(C)c2-c2ccccc2)C1. The van der Waals surface area contributed by atoms with Gasteiger partial charge in [0.05, 0.1) is 11.0 Å². The van der Waals surface area contributed by atoms with Gasteiger partial charge in [-0.2, -0.15) is 0 Å². The summed E-state index contributed by atoms with van der Waals surface area (Å²) in [6.45, 7) is 4.83. The third-order valence-electron chi connectivity index (χ3n) is 5.26. The molecule has 0 radical (unpaired) electrons. The van der Waals surface area contributed by atoms with Gasteiger partial charge in [-0.15, -0.1) is 11.3 Å². The van der Waals surface area contributed by atoms with Crippen LogP contribution in [0.1, 0.15) is 41.4 Å². The van der Waals surface area contributed by atoms with E-state index < -0.39 is 11.4 Å². The minimum atomic E-state index is -0.814. The summed E-state index contributed by atoms with van der Waals surface area (Å²) in [5.74, 6) is -0.848. The van der Waals surface area contributed by atoms with Crippen molar-refractivity contribution in [2.45, 2.75) is 33.1 Å². The lowest BCUT2D eigenvalue weighted by Crippen LogP contribution is -2.49. The van der Waals surface area contributed by atoms with Crippen molar-refractivity contribution in [2.75, 3.05) is 13.1 Å². The number of aliphatic carboxylic acids is 1. The summed E-state index contributed by atoms with van der Waals surface area (Å²) in [6, 6.07) is 9.91. The van der Waals surface area contributed by atoms with Gasteiger partial charge in [0.15, 0.2) is 0 Å². The minimum Gasteiger partial charge on any atom is -0.481 e. The number of piperidine rings is 1. The highest BCUT2D eigenvalue weighted by molar-refractivity contribution is 7.10. The molecule has 132 valence electrons. The van der Waals surface area contributed by atoms with Gasteiger partial charge in [0.2, 0.25) is 0 Å². The lowest BCUT2D eigenvalue weighted by molar-refractivity contribution is -0.152. The van der Waals surface area contributed by atoms with E-state index in [2.05, 4.69) is 0 Å². The van der Waals surface area contributed by atoms with Gasteiger partial charge in [0, 0.05) is 28.9 Å². The highest BCUT2D eigenvalue weighted by Crippen LogP contribution is 2.37. The largest absolute Gasteiger partial charge is 0.481 e. The molecule has 2 aromatic rings. The Morgan fingerprint density at radius 1 is 1.28 bits per heavy atom. The molecule has 0 spiro atoms. The number of aryl methyl sites for hydroxylation is 1. The first-order valence-corrected chi connectivity index (χ1v) is 9.52. The molecule has 1 fully saturated rings. The molecule has 2 heterocycles. The van der Waals surface area contributed by atoms with Crippen molar-refractivity contribution in [1.29, 1.82) is 0 Å². The van der Waals surface area contributed by atoms with Gasteiger partial charge in [-0.1, -0.05) is 37.3 Å². The van der Waals surface area contributed by atoms with Gasteiger partial charge in [0.1, 0.15) is 0 Å². The van der Waals surface area contributed by atoms with Crippen LogP contribution in [-0.2, 0) is 4.79 Å². The van der Waals surface area contributed by atoms with Crippen molar-refractivity contribution >= 4 is 23.2 Å². The maximum absolute atomic E-state index is 13.2. The number of hydrogen-bond donors (Lipinski definition) is 1. The van der Waals surface area contributed by atoms with E-state index in [0.717, 1.165) is 22.4 Å². The summed E-state index contributed by atoms with van der Waals surface area (Å²) in [5, 5.41) is 11.6. The molecule has 4 nitrogen and oxygen atoms in total. The Morgan fingerprint density at radius 2 is 2.00 bits per heavy atom. The number of thiophene rings is 1. The number of benzene rings is 1. The maximum atomic E-state index is 13.2. The van der Waals surface area contributed by atoms with Crippen LogP contribution >= 0.6 is 11.3 Å². The quantitative estimate of drug-likeness (QED) is 0.880. The predicted octanol–water partition coefficient (Wildman–Crippen LogP) is 4.44. The fraction of sp³-hybridized carbons (Fsp3) is 0.400. The van der Waals surface area contributed by atoms with Crippen molar-refractivity contribution in [3.8, 4) is 11.1 Å². The molecule has 0 saturated carbocycles. The summed E-state index contributed by atoms with van der Waals surface area (Å²) >= 11 is 1.57. The van der Waals surface area contributed by atoms with Crippen LogP contribution in [0.25, 0.3) is 11.1 Å². The molecule has 1 atom stereocenters. The molecule has 3 rings (SSSR count). The number of carbonyl (C=O) groups is 2. The van der Waals surface area contributed by atoms with E-state index in [0.29, 0.717) is 31.5 Å². The van der Waals surface area contributed by atoms with Gasteiger partial charge in [-0.05, 0) is 31.7 Å². The lowest BCUT2D eigenvalue weighted by atomic mass is 9.77. The van der Waals surface area contributed by atoms with E-state index in [1.807, 2.05) is 49.6 Å². The second kappa shape index (κ2) is 7.00. The normalized spacial score (nSPS) is 20.5. The highest BCUT2D eigenvalue weighted by Gasteiger charge is 2.42. The van der Waals surface area contributed by atoms with E-state index >= 15 is 0 Å². The van der Waals surface area contributed by atoms with Crippen molar-refractivity contribution in [3.05, 3.63) is 46.2 Å². The number of likely N-dealkylation sites (tertiary alicyclic amines) is 1. The molecule has 1 aromatic carbocycles. The van der Waals surface area contributed by atoms with Gasteiger partial charge in [-0.3, -0.25) is 9.59 Å². The average Bonchev–Trinajstić information content (AvgIpc) is 3.03. The summed E-state index contributed by atoms with van der Waals surface area (Å²) in [7, 11) is 0. The zero-order valence-electron chi connectivity index (χ0n) is 14.6. The summed E-state index contributed by atoms with van der Waals surface area (Å²) < 4.78 is 0. The van der Waals surface area contributed by atoms with Crippen molar-refractivity contribution in [3.63, 3.8) is 0 Å². The topological polar surface area (TPSA) is 57.6 Å². The molecule has 0 aliphatic carbocycles. The monoisotopic (exact) mass is 357 g/mol. The molecule has 0 bridgehead atoms. The van der Waals surface area contributed by atoms with Crippen LogP contribution in [0.2, 0.25) is 0 Å². The Balaban J connectivity index is 1.93. The van der Waals surface area contributed by atoms with Crippen molar-refractivity contribution in [1.82, 2.24) is 4.90 Å². The van der Waals surface area contributed by atoms with Gasteiger partial charge < -0.3 is 10.0 Å². The second-order valence-corrected chi connectivity index (χ2v) is 7.80. The van der Waals surface area contributed by atoms with Crippen LogP contribution in [0, 0.1) is 12.3 Å². The number of carboxylic acid groups (broad SMARTS) is 1. The Bertz CT molecular complexity index is 783. The van der Waals surface area contributed by atoms with Crippen LogP contribution < -0.4 is 0 Å². The zero-order valence-corrected chi connectivity index (χ0v) is 15.4. The highest BCUT2D eigenvalue weighted by atomic mass is 32.1. The van der Waals surface area contributed by atoms with E-state index in [9.17, 15) is 14.7 Å². The molecule has 1 aliphatic rings. The smallest absolute Gasteiger partial charge is 0.311 e. The van der Waals surface area contributed by atoms with Gasteiger partial charge in [0.25, 0.3) is 5.91 Å². The number of rotatable bonds is 4. The fourth-order valence-electron chi connectivity index (χ4n) is 3.67. The van der Waals surface area contributed by atoms with Crippen LogP contribution in [-0.4, -0.2) is 35.0 Å². The number of amides is 1. The molecule has 1 amide bonds. The van der Waals surface area contributed by atoms with E-state index in [1.165, 1.54) is 0 Å². The summed E-state index contributed by atoms with van der Waals surface area (Å²) in [5.41, 5.74) is 1.87. The first-order chi connectivity index (χ1) is 12.0. The Labute approximate surface area is 152 Å². The molecule has 1 saturated heterocycles. The van der Waals surface area contributed by atoms with E-state index in [-0.39, 0.29) is 5.91 Å². The molecule has 5 heteroatoms. The Kier molecular flexibility index (Phi) is 4.95. The van der Waals surface area contributed by atoms with Crippen molar-refractivity contribution in [2.24, 2.45) is 5.41 Å². The second-order valence-electron chi connectivity index (χ2n) is 6.72. The summed E-state index contributed by atoms with van der Waals surface area (Å²) in [4.78, 5) is 27.8. The van der Waals surface area contributed by atoms with Gasteiger partial charge in [-0.25, -0.2) is 0 Å². The fourth-order valence-corrected chi connectivity index (χ4v) is 4.52. The predicted molar refractivity (Wildman–Crippen MR) is 100.0 cm³/mol. The van der Waals surface area contributed by atoms with Gasteiger partial charge >= 0.3 is 5.97 Å². The number of carbonyl (C=O) groups excluding carboxylic acids is 1. The molecular weight excluding hydrogens is 334 g/mol. The number of nitrogens with zero attached hydrogens (tertiary/aromatic N) is 1. The van der Waals surface area contributed by atoms with Crippen molar-refractivity contribution < 1.29 is 14.7 Å². The van der Waals surface area contributed by atoms with Crippen LogP contribution in [0.4, 0.5) is 0 Å². The van der Waals surface area contributed by atoms with Crippen LogP contribution in [0.5, 0.6) is 0 Å². The zero-order chi connectivity index (χ0) is 18.0. The first-order valence-electron chi connectivity index (χ1n) is 8.64. The Hall–Kier alpha value is -2.14. The first kappa shape index (κ1) is 17.7. The van der Waals surface area contributed by atoms with Crippen LogP contribution in [0.15, 0.2) is 35.7 Å². The molecule has 25 heavy (non-hydrogen) atoms. The summed E-state index contributed by atoms with van der Waals surface area (Å²) in [6.07, 6.45) is 1.91. The third-order valence-corrected chi connectivity index (χ3v) is 6.17. The molecule has 1 aliphatic heterocycles.